The number of hydrogen-bond donors (Lipinski definition) is 1. The van der Waals surface area contributed by atoms with Gasteiger partial charge in [-0.1, -0.05) is 0 Å². The van der Waals surface area contributed by atoms with Crippen molar-refractivity contribution < 1.29 is 4.92 Å². The highest BCUT2D eigenvalue weighted by Gasteiger charge is 2.21. The van der Waals surface area contributed by atoms with Crippen molar-refractivity contribution in [2.45, 2.75) is 25.3 Å². The number of nitro groups is 1. The average molecular weight is 275 g/mol. The number of nitrogens with one attached hydrogen (secondary N) is 1. The molecule has 1 atom stereocenters. The SMILES string of the molecule is O=[N+]([O-])c1ccnc(NC2CCCc3sccc32)c1. The van der Waals surface area contributed by atoms with Crippen molar-refractivity contribution >= 4 is 22.8 Å². The third-order valence-corrected chi connectivity index (χ3v) is 4.32. The molecule has 1 N–H and O–H groups in total. The molecule has 1 unspecified atom stereocenters. The minimum Gasteiger partial charge on any atom is -0.363 e. The zero-order valence-corrected chi connectivity index (χ0v) is 11.0. The molecule has 5 nitrogen and oxygen atoms in total. The zero-order valence-electron chi connectivity index (χ0n) is 10.2. The van der Waals surface area contributed by atoms with Crippen LogP contribution in [0.5, 0.6) is 0 Å². The van der Waals surface area contributed by atoms with Crippen LogP contribution in [0.3, 0.4) is 0 Å². The number of rotatable bonds is 3. The molecule has 0 saturated heterocycles. The van der Waals surface area contributed by atoms with Gasteiger partial charge in [0.15, 0.2) is 0 Å². The predicted molar refractivity (Wildman–Crippen MR) is 74.5 cm³/mol. The highest BCUT2D eigenvalue weighted by Crippen LogP contribution is 2.35. The molecular formula is C13H13N3O2S. The topological polar surface area (TPSA) is 68.1 Å². The third-order valence-electron chi connectivity index (χ3n) is 3.33. The Morgan fingerprint density at radius 3 is 3.21 bits per heavy atom. The molecular weight excluding hydrogens is 262 g/mol. The van der Waals surface area contributed by atoms with Gasteiger partial charge in [0.1, 0.15) is 5.82 Å². The van der Waals surface area contributed by atoms with E-state index in [1.165, 1.54) is 28.8 Å². The van der Waals surface area contributed by atoms with Crippen LogP contribution in [0, 0.1) is 10.1 Å². The van der Waals surface area contributed by atoms with Gasteiger partial charge >= 0.3 is 0 Å². The molecule has 98 valence electrons. The molecule has 0 saturated carbocycles. The predicted octanol–water partition coefficient (Wildman–Crippen LogP) is 3.54. The van der Waals surface area contributed by atoms with Gasteiger partial charge in [0.2, 0.25) is 0 Å². The monoisotopic (exact) mass is 275 g/mol. The van der Waals surface area contributed by atoms with Crippen LogP contribution in [0.25, 0.3) is 0 Å². The van der Waals surface area contributed by atoms with Gasteiger partial charge in [0.25, 0.3) is 5.69 Å². The summed E-state index contributed by atoms with van der Waals surface area (Å²) in [7, 11) is 0. The molecule has 1 aliphatic rings. The van der Waals surface area contributed by atoms with E-state index in [1.807, 2.05) is 0 Å². The molecule has 0 radical (unpaired) electrons. The maximum absolute atomic E-state index is 10.8. The first kappa shape index (κ1) is 12.1. The molecule has 2 heterocycles. The minimum atomic E-state index is -0.399. The summed E-state index contributed by atoms with van der Waals surface area (Å²) in [6.45, 7) is 0. The molecule has 0 aromatic carbocycles. The number of aryl methyl sites for hydroxylation is 1. The molecule has 1 aliphatic carbocycles. The summed E-state index contributed by atoms with van der Waals surface area (Å²) >= 11 is 1.78. The first-order chi connectivity index (χ1) is 9.24. The second-order valence-electron chi connectivity index (χ2n) is 4.54. The van der Waals surface area contributed by atoms with Gasteiger partial charge in [-0.15, -0.1) is 11.3 Å². The van der Waals surface area contributed by atoms with Crippen LogP contribution in [0.15, 0.2) is 29.8 Å². The van der Waals surface area contributed by atoms with E-state index >= 15 is 0 Å². The lowest BCUT2D eigenvalue weighted by molar-refractivity contribution is -0.384. The van der Waals surface area contributed by atoms with E-state index in [4.69, 9.17) is 0 Å². The van der Waals surface area contributed by atoms with E-state index in [0.29, 0.717) is 5.82 Å². The number of anilines is 1. The van der Waals surface area contributed by atoms with Crippen LogP contribution in [-0.2, 0) is 6.42 Å². The summed E-state index contributed by atoms with van der Waals surface area (Å²) in [4.78, 5) is 15.9. The molecule has 0 bridgehead atoms. The van der Waals surface area contributed by atoms with Crippen LogP contribution < -0.4 is 5.32 Å². The van der Waals surface area contributed by atoms with Crippen LogP contribution in [0.2, 0.25) is 0 Å². The molecule has 0 spiro atoms. The highest BCUT2D eigenvalue weighted by molar-refractivity contribution is 7.10. The molecule has 2 aromatic rings. The van der Waals surface area contributed by atoms with Gasteiger partial charge in [-0.05, 0) is 36.3 Å². The Labute approximate surface area is 114 Å². The van der Waals surface area contributed by atoms with Gasteiger partial charge in [0.05, 0.1) is 17.0 Å². The van der Waals surface area contributed by atoms with Crippen LogP contribution in [0.4, 0.5) is 11.5 Å². The maximum Gasteiger partial charge on any atom is 0.274 e. The maximum atomic E-state index is 10.8. The smallest absolute Gasteiger partial charge is 0.274 e. The average Bonchev–Trinajstić information content (AvgIpc) is 2.88. The fourth-order valence-corrected chi connectivity index (χ4v) is 3.41. The van der Waals surface area contributed by atoms with Gasteiger partial charge in [0, 0.05) is 17.1 Å². The normalized spacial score (nSPS) is 17.8. The lowest BCUT2D eigenvalue weighted by Crippen LogP contribution is -2.16. The highest BCUT2D eigenvalue weighted by atomic mass is 32.1. The fraction of sp³-hybridized carbons (Fsp3) is 0.308. The quantitative estimate of drug-likeness (QED) is 0.687. The van der Waals surface area contributed by atoms with E-state index < -0.39 is 4.92 Å². The number of thiophene rings is 1. The van der Waals surface area contributed by atoms with Crippen molar-refractivity contribution in [3.05, 3.63) is 50.3 Å². The second-order valence-corrected chi connectivity index (χ2v) is 5.55. The summed E-state index contributed by atoms with van der Waals surface area (Å²) in [5.41, 5.74) is 1.38. The Kier molecular flexibility index (Phi) is 3.16. The van der Waals surface area contributed by atoms with E-state index in [1.54, 1.807) is 11.3 Å². The number of pyridine rings is 1. The van der Waals surface area contributed by atoms with Gasteiger partial charge in [-0.3, -0.25) is 10.1 Å². The third kappa shape index (κ3) is 2.44. The Morgan fingerprint density at radius 2 is 2.37 bits per heavy atom. The number of hydrogen-bond acceptors (Lipinski definition) is 5. The van der Waals surface area contributed by atoms with Gasteiger partial charge in [-0.2, -0.15) is 0 Å². The Morgan fingerprint density at radius 1 is 1.47 bits per heavy atom. The Balaban J connectivity index is 1.83. The molecule has 2 aromatic heterocycles. The molecule has 6 heteroatoms. The number of nitrogens with zero attached hydrogens (tertiary/aromatic N) is 2. The molecule has 0 amide bonds. The van der Waals surface area contributed by atoms with E-state index in [9.17, 15) is 10.1 Å². The summed E-state index contributed by atoms with van der Waals surface area (Å²) in [6, 6.07) is 5.24. The summed E-state index contributed by atoms with van der Waals surface area (Å²) in [5, 5.41) is 16.2. The van der Waals surface area contributed by atoms with Crippen LogP contribution in [0.1, 0.15) is 29.3 Å². The molecule has 0 fully saturated rings. The van der Waals surface area contributed by atoms with E-state index in [0.717, 1.165) is 19.3 Å². The van der Waals surface area contributed by atoms with Gasteiger partial charge < -0.3 is 5.32 Å². The van der Waals surface area contributed by atoms with Crippen molar-refractivity contribution in [2.24, 2.45) is 0 Å². The van der Waals surface area contributed by atoms with Crippen LogP contribution >= 0.6 is 11.3 Å². The molecule has 3 rings (SSSR count). The van der Waals surface area contributed by atoms with Crippen molar-refractivity contribution in [2.75, 3.05) is 5.32 Å². The molecule has 0 aliphatic heterocycles. The summed E-state index contributed by atoms with van der Waals surface area (Å²) < 4.78 is 0. The number of fused-ring (bicyclic) bond motifs is 1. The summed E-state index contributed by atoms with van der Waals surface area (Å²) in [5.74, 6) is 0.568. The Bertz CT molecular complexity index is 611. The van der Waals surface area contributed by atoms with Crippen molar-refractivity contribution in [1.82, 2.24) is 4.98 Å². The lowest BCUT2D eigenvalue weighted by atomic mass is 9.94. The van der Waals surface area contributed by atoms with Crippen LogP contribution in [-0.4, -0.2) is 9.91 Å². The molecule has 19 heavy (non-hydrogen) atoms. The van der Waals surface area contributed by atoms with Crippen molar-refractivity contribution in [3.8, 4) is 0 Å². The van der Waals surface area contributed by atoms with E-state index in [2.05, 4.69) is 21.7 Å². The largest absolute Gasteiger partial charge is 0.363 e. The standard InChI is InChI=1S/C13H13N3O2S/c17-16(18)9-4-6-14-13(8-9)15-11-2-1-3-12-10(11)5-7-19-12/h4-8,11H,1-3H2,(H,14,15). The Hall–Kier alpha value is -1.95. The van der Waals surface area contributed by atoms with Crippen molar-refractivity contribution in [3.63, 3.8) is 0 Å². The second kappa shape index (κ2) is 4.97. The summed E-state index contributed by atoms with van der Waals surface area (Å²) in [6.07, 6.45) is 4.78. The first-order valence-electron chi connectivity index (χ1n) is 6.17. The minimum absolute atomic E-state index is 0.0684. The fourth-order valence-electron chi connectivity index (χ4n) is 2.43. The first-order valence-corrected chi connectivity index (χ1v) is 7.05. The lowest BCUT2D eigenvalue weighted by Gasteiger charge is -2.24. The van der Waals surface area contributed by atoms with Gasteiger partial charge in [-0.25, -0.2) is 4.98 Å². The zero-order chi connectivity index (χ0) is 13.2. The number of aromatic nitrogens is 1. The van der Waals surface area contributed by atoms with E-state index in [-0.39, 0.29) is 11.7 Å². The van der Waals surface area contributed by atoms with Crippen molar-refractivity contribution in [1.29, 1.82) is 0 Å².